The van der Waals surface area contributed by atoms with Crippen molar-refractivity contribution < 1.29 is 19.4 Å². The molecule has 24 heavy (non-hydrogen) atoms. The number of fused-ring (bicyclic) bond motifs is 1. The average Bonchev–Trinajstić information content (AvgIpc) is 2.92. The van der Waals surface area contributed by atoms with E-state index in [-0.39, 0.29) is 5.95 Å². The van der Waals surface area contributed by atoms with Gasteiger partial charge in [-0.05, 0) is 36.4 Å². The smallest absolute Gasteiger partial charge is 0.411 e. The summed E-state index contributed by atoms with van der Waals surface area (Å²) in [5.41, 5.74) is 1.54. The molecule has 0 radical (unpaired) electrons. The van der Waals surface area contributed by atoms with Crippen molar-refractivity contribution in [1.82, 2.24) is 9.55 Å². The molecule has 0 atom stereocenters. The molecule has 122 valence electrons. The first-order valence-corrected chi connectivity index (χ1v) is 7.01. The highest BCUT2D eigenvalue weighted by atomic mass is 16.5. The van der Waals surface area contributed by atoms with Gasteiger partial charge in [0, 0.05) is 5.69 Å². The first kappa shape index (κ1) is 15.3. The minimum absolute atomic E-state index is 0.0743. The molecule has 8 heteroatoms. The molecule has 0 spiro atoms. The molecule has 3 aromatic rings. The van der Waals surface area contributed by atoms with Crippen molar-refractivity contribution in [3.63, 3.8) is 0 Å². The topological polar surface area (TPSA) is 105 Å². The van der Waals surface area contributed by atoms with Crippen molar-refractivity contribution in [3.8, 4) is 5.75 Å². The van der Waals surface area contributed by atoms with Crippen LogP contribution < -0.4 is 15.4 Å². The van der Waals surface area contributed by atoms with Crippen molar-refractivity contribution in [1.29, 1.82) is 0 Å². The number of carboxylic acid groups (broad SMARTS) is 1. The Kier molecular flexibility index (Phi) is 4.02. The highest BCUT2D eigenvalue weighted by molar-refractivity contribution is 6.01. The van der Waals surface area contributed by atoms with Gasteiger partial charge in [0.1, 0.15) is 5.75 Å². The minimum Gasteiger partial charge on any atom is -0.497 e. The van der Waals surface area contributed by atoms with E-state index in [1.54, 1.807) is 55.6 Å². The summed E-state index contributed by atoms with van der Waals surface area (Å²) in [6.07, 6.45) is -1.30. The molecule has 8 nitrogen and oxygen atoms in total. The lowest BCUT2D eigenvalue weighted by Gasteiger charge is -2.10. The number of carbonyl (C=O) groups excluding carboxylic acids is 1. The first-order chi connectivity index (χ1) is 11.6. The molecule has 0 aliphatic rings. The van der Waals surface area contributed by atoms with Crippen molar-refractivity contribution >= 4 is 34.8 Å². The summed E-state index contributed by atoms with van der Waals surface area (Å²) in [5, 5.41) is 13.8. The summed E-state index contributed by atoms with van der Waals surface area (Å²) >= 11 is 0. The van der Waals surface area contributed by atoms with Crippen LogP contribution in [0.1, 0.15) is 0 Å². The number of anilines is 2. The van der Waals surface area contributed by atoms with E-state index in [2.05, 4.69) is 15.6 Å². The van der Waals surface area contributed by atoms with E-state index in [4.69, 9.17) is 9.84 Å². The number of benzene rings is 2. The van der Waals surface area contributed by atoms with Gasteiger partial charge >= 0.3 is 12.1 Å². The molecule has 2 aromatic carbocycles. The van der Waals surface area contributed by atoms with Gasteiger partial charge in [-0.1, -0.05) is 12.1 Å². The molecule has 1 heterocycles. The van der Waals surface area contributed by atoms with Crippen molar-refractivity contribution in [2.75, 3.05) is 17.7 Å². The Morgan fingerprint density at radius 3 is 2.46 bits per heavy atom. The Hall–Kier alpha value is -3.55. The van der Waals surface area contributed by atoms with Crippen LogP contribution in [0, 0.1) is 0 Å². The molecule has 0 saturated heterocycles. The number of methoxy groups -OCH3 is 1. The number of hydrogen-bond acceptors (Lipinski definition) is 4. The molecular weight excluding hydrogens is 312 g/mol. The first-order valence-electron chi connectivity index (χ1n) is 7.01. The van der Waals surface area contributed by atoms with Crippen molar-refractivity contribution in [3.05, 3.63) is 48.5 Å². The maximum absolute atomic E-state index is 12.6. The van der Waals surface area contributed by atoms with Crippen LogP contribution in [-0.2, 0) is 0 Å². The number of para-hydroxylation sites is 2. The number of hydrogen-bond donors (Lipinski definition) is 3. The molecule has 2 amide bonds. The fourth-order valence-electron chi connectivity index (χ4n) is 2.26. The van der Waals surface area contributed by atoms with Crippen LogP contribution in [0.3, 0.4) is 0 Å². The van der Waals surface area contributed by atoms with Gasteiger partial charge < -0.3 is 15.2 Å². The number of nitrogens with one attached hydrogen (secondary N) is 2. The molecule has 0 aliphatic heterocycles. The lowest BCUT2D eigenvalue weighted by Crippen LogP contribution is -2.23. The third-order valence-corrected chi connectivity index (χ3v) is 3.32. The number of rotatable bonds is 3. The van der Waals surface area contributed by atoms with Crippen LogP contribution in [0.25, 0.3) is 11.0 Å². The third kappa shape index (κ3) is 2.98. The zero-order valence-corrected chi connectivity index (χ0v) is 12.7. The average molecular weight is 326 g/mol. The van der Waals surface area contributed by atoms with Crippen LogP contribution in [0.2, 0.25) is 0 Å². The summed E-state index contributed by atoms with van der Waals surface area (Å²) in [5.74, 6) is 0.587. The maximum Gasteiger partial charge on any atom is 0.411 e. The Balaban J connectivity index is 1.96. The summed E-state index contributed by atoms with van der Waals surface area (Å²) in [7, 11) is 1.55. The molecule has 0 aliphatic carbocycles. The van der Waals surface area contributed by atoms with Crippen LogP contribution in [0.4, 0.5) is 21.2 Å². The second kappa shape index (κ2) is 6.29. The number of ether oxygens (including phenoxy) is 1. The molecule has 0 fully saturated rings. The molecule has 1 aromatic heterocycles. The standard InChI is InChI=1S/C16H14N4O4/c1-24-11-8-6-10(7-9-11)17-15(21)20-13-5-3-2-4-12(13)18-14(20)19-16(22)23/h2-9H,1H3,(H,17,21)(H,18,19)(H,22,23). The minimum atomic E-state index is -1.30. The van der Waals surface area contributed by atoms with Crippen LogP contribution in [0.15, 0.2) is 48.5 Å². The lowest BCUT2D eigenvalue weighted by molar-refractivity contribution is 0.209. The van der Waals surface area contributed by atoms with E-state index in [1.165, 1.54) is 4.57 Å². The number of imidazole rings is 1. The van der Waals surface area contributed by atoms with Crippen LogP contribution in [-0.4, -0.2) is 33.9 Å². The Bertz CT molecular complexity index is 902. The predicted octanol–water partition coefficient (Wildman–Crippen LogP) is 3.22. The maximum atomic E-state index is 12.6. The quantitative estimate of drug-likeness (QED) is 0.685. The Morgan fingerprint density at radius 2 is 1.79 bits per heavy atom. The molecule has 3 rings (SSSR count). The molecule has 0 saturated carbocycles. The second-order valence-corrected chi connectivity index (χ2v) is 4.85. The zero-order chi connectivity index (χ0) is 17.1. The van der Waals surface area contributed by atoms with Gasteiger partial charge in [-0.25, -0.2) is 19.1 Å². The SMILES string of the molecule is COc1ccc(NC(=O)n2c(NC(=O)O)nc3ccccc32)cc1. The normalized spacial score (nSPS) is 10.4. The van der Waals surface area contributed by atoms with Crippen molar-refractivity contribution in [2.45, 2.75) is 0 Å². The number of amides is 2. The van der Waals surface area contributed by atoms with E-state index < -0.39 is 12.1 Å². The predicted molar refractivity (Wildman–Crippen MR) is 88.8 cm³/mol. The van der Waals surface area contributed by atoms with Gasteiger partial charge in [-0.2, -0.15) is 0 Å². The third-order valence-electron chi connectivity index (χ3n) is 3.32. The highest BCUT2D eigenvalue weighted by Gasteiger charge is 2.18. The lowest BCUT2D eigenvalue weighted by atomic mass is 10.3. The van der Waals surface area contributed by atoms with Crippen molar-refractivity contribution in [2.24, 2.45) is 0 Å². The zero-order valence-electron chi connectivity index (χ0n) is 12.7. The number of nitrogens with zero attached hydrogens (tertiary/aromatic N) is 2. The highest BCUT2D eigenvalue weighted by Crippen LogP contribution is 2.21. The van der Waals surface area contributed by atoms with E-state index in [1.807, 2.05) is 0 Å². The number of aromatic nitrogens is 2. The van der Waals surface area contributed by atoms with E-state index in [0.29, 0.717) is 22.5 Å². The summed E-state index contributed by atoms with van der Waals surface area (Å²) < 4.78 is 6.24. The Morgan fingerprint density at radius 1 is 1.08 bits per heavy atom. The fourth-order valence-corrected chi connectivity index (χ4v) is 2.26. The van der Waals surface area contributed by atoms with Gasteiger partial charge in [0.05, 0.1) is 18.1 Å². The summed E-state index contributed by atoms with van der Waals surface area (Å²) in [6.45, 7) is 0. The number of carbonyl (C=O) groups is 2. The van der Waals surface area contributed by atoms with Crippen LogP contribution in [0.5, 0.6) is 5.75 Å². The van der Waals surface area contributed by atoms with Gasteiger partial charge in [0.25, 0.3) is 0 Å². The second-order valence-electron chi connectivity index (χ2n) is 4.85. The molecule has 0 bridgehead atoms. The summed E-state index contributed by atoms with van der Waals surface area (Å²) in [6, 6.07) is 13.1. The molecule has 3 N–H and O–H groups in total. The monoisotopic (exact) mass is 326 g/mol. The van der Waals surface area contributed by atoms with E-state index in [0.717, 1.165) is 0 Å². The fraction of sp³-hybridized carbons (Fsp3) is 0.0625. The Labute approximate surface area is 136 Å². The van der Waals surface area contributed by atoms with Crippen LogP contribution >= 0.6 is 0 Å². The van der Waals surface area contributed by atoms with Gasteiger partial charge in [0.2, 0.25) is 5.95 Å². The van der Waals surface area contributed by atoms with Gasteiger partial charge in [0.15, 0.2) is 0 Å². The summed E-state index contributed by atoms with van der Waals surface area (Å²) in [4.78, 5) is 27.7. The van der Waals surface area contributed by atoms with Gasteiger partial charge in [-0.15, -0.1) is 0 Å². The largest absolute Gasteiger partial charge is 0.497 e. The van der Waals surface area contributed by atoms with E-state index >= 15 is 0 Å². The van der Waals surface area contributed by atoms with E-state index in [9.17, 15) is 9.59 Å². The van der Waals surface area contributed by atoms with Gasteiger partial charge in [-0.3, -0.25) is 5.32 Å². The molecule has 0 unspecified atom stereocenters. The molecular formula is C16H14N4O4.